The van der Waals surface area contributed by atoms with Crippen molar-refractivity contribution in [1.82, 2.24) is 4.98 Å². The zero-order valence-electron chi connectivity index (χ0n) is 15.1. The summed E-state index contributed by atoms with van der Waals surface area (Å²) in [6.45, 7) is 7.11. The van der Waals surface area contributed by atoms with Gasteiger partial charge in [-0.25, -0.2) is 4.98 Å². The van der Waals surface area contributed by atoms with Gasteiger partial charge in [0, 0.05) is 24.2 Å². The number of ether oxygens (including phenoxy) is 1. The molecule has 2 aromatic carbocycles. The molecule has 0 aliphatic rings. The van der Waals surface area contributed by atoms with Crippen molar-refractivity contribution in [2.24, 2.45) is 0 Å². The van der Waals surface area contributed by atoms with Gasteiger partial charge in [0.2, 0.25) is 0 Å². The first-order valence-corrected chi connectivity index (χ1v) is 9.12. The van der Waals surface area contributed by atoms with Gasteiger partial charge < -0.3 is 9.64 Å². The molecule has 0 N–H and O–H groups in total. The van der Waals surface area contributed by atoms with E-state index < -0.39 is 0 Å². The van der Waals surface area contributed by atoms with E-state index in [0.29, 0.717) is 6.61 Å². The fraction of sp³-hybridized carbons (Fsp3) is 0.318. The molecule has 0 amide bonds. The molecule has 0 aliphatic carbocycles. The SMILES string of the molecule is CCCN(CCC)c1ccc(OCc2ccc3ccccc3n2)cc1. The number of aromatic nitrogens is 1. The molecule has 0 radical (unpaired) electrons. The molecule has 0 fully saturated rings. The molecular weight excluding hydrogens is 308 g/mol. The summed E-state index contributed by atoms with van der Waals surface area (Å²) < 4.78 is 5.91. The van der Waals surface area contributed by atoms with E-state index in [1.807, 2.05) is 24.3 Å². The van der Waals surface area contributed by atoms with Crippen molar-refractivity contribution in [1.29, 1.82) is 0 Å². The third kappa shape index (κ3) is 4.50. The second-order valence-corrected chi connectivity index (χ2v) is 6.26. The largest absolute Gasteiger partial charge is 0.487 e. The zero-order chi connectivity index (χ0) is 17.5. The fourth-order valence-corrected chi connectivity index (χ4v) is 3.01. The van der Waals surface area contributed by atoms with Gasteiger partial charge in [-0.05, 0) is 49.2 Å². The molecule has 0 spiro atoms. The predicted molar refractivity (Wildman–Crippen MR) is 105 cm³/mol. The van der Waals surface area contributed by atoms with Crippen molar-refractivity contribution in [3.63, 3.8) is 0 Å². The Labute approximate surface area is 150 Å². The first-order chi connectivity index (χ1) is 12.3. The summed E-state index contributed by atoms with van der Waals surface area (Å²) in [5.41, 5.74) is 3.22. The number of pyridine rings is 1. The van der Waals surface area contributed by atoms with E-state index in [1.54, 1.807) is 0 Å². The standard InChI is InChI=1S/C22H26N2O/c1-3-15-24(16-4-2)20-11-13-21(14-12-20)25-17-19-10-9-18-7-5-6-8-22(18)23-19/h5-14H,3-4,15-17H2,1-2H3. The summed E-state index contributed by atoms with van der Waals surface area (Å²) in [6, 6.07) is 20.7. The van der Waals surface area contributed by atoms with Crippen LogP contribution in [0, 0.1) is 0 Å². The molecule has 130 valence electrons. The number of para-hydroxylation sites is 1. The summed E-state index contributed by atoms with van der Waals surface area (Å²) in [4.78, 5) is 7.08. The Bertz CT molecular complexity index is 792. The Kier molecular flexibility index (Phi) is 5.89. The molecule has 0 saturated heterocycles. The van der Waals surface area contributed by atoms with Crippen molar-refractivity contribution in [3.8, 4) is 5.75 Å². The minimum absolute atomic E-state index is 0.484. The lowest BCUT2D eigenvalue weighted by Gasteiger charge is -2.23. The topological polar surface area (TPSA) is 25.4 Å². The zero-order valence-corrected chi connectivity index (χ0v) is 15.1. The van der Waals surface area contributed by atoms with E-state index in [9.17, 15) is 0 Å². The van der Waals surface area contributed by atoms with Crippen LogP contribution in [-0.2, 0) is 6.61 Å². The van der Waals surface area contributed by atoms with Crippen molar-refractivity contribution < 1.29 is 4.74 Å². The van der Waals surface area contributed by atoms with Gasteiger partial charge >= 0.3 is 0 Å². The van der Waals surface area contributed by atoms with Crippen molar-refractivity contribution in [2.75, 3.05) is 18.0 Å². The average molecular weight is 334 g/mol. The van der Waals surface area contributed by atoms with Crippen molar-refractivity contribution in [3.05, 3.63) is 66.4 Å². The fourth-order valence-electron chi connectivity index (χ4n) is 3.01. The number of hydrogen-bond donors (Lipinski definition) is 0. The molecule has 0 aliphatic heterocycles. The van der Waals surface area contributed by atoms with Gasteiger partial charge in [0.15, 0.2) is 0 Å². The smallest absolute Gasteiger partial charge is 0.130 e. The van der Waals surface area contributed by atoms with Crippen LogP contribution in [0.3, 0.4) is 0 Å². The highest BCUT2D eigenvalue weighted by atomic mass is 16.5. The molecule has 3 nitrogen and oxygen atoms in total. The van der Waals surface area contributed by atoms with Crippen LogP contribution in [0.5, 0.6) is 5.75 Å². The van der Waals surface area contributed by atoms with E-state index in [-0.39, 0.29) is 0 Å². The van der Waals surface area contributed by atoms with Crippen LogP contribution in [0.25, 0.3) is 10.9 Å². The lowest BCUT2D eigenvalue weighted by molar-refractivity contribution is 0.302. The lowest BCUT2D eigenvalue weighted by atomic mass is 10.2. The van der Waals surface area contributed by atoms with E-state index in [0.717, 1.165) is 48.3 Å². The summed E-state index contributed by atoms with van der Waals surface area (Å²) in [6.07, 6.45) is 2.32. The number of benzene rings is 2. The van der Waals surface area contributed by atoms with Gasteiger partial charge in [-0.2, -0.15) is 0 Å². The van der Waals surface area contributed by atoms with Gasteiger partial charge in [0.1, 0.15) is 12.4 Å². The second-order valence-electron chi connectivity index (χ2n) is 6.26. The Morgan fingerprint density at radius 1 is 0.840 bits per heavy atom. The average Bonchev–Trinajstić information content (AvgIpc) is 2.66. The third-order valence-corrected chi connectivity index (χ3v) is 4.23. The molecule has 0 unspecified atom stereocenters. The van der Waals surface area contributed by atoms with Gasteiger partial charge in [-0.15, -0.1) is 0 Å². The number of anilines is 1. The Morgan fingerprint density at radius 3 is 2.28 bits per heavy atom. The maximum atomic E-state index is 5.91. The van der Waals surface area contributed by atoms with Gasteiger partial charge in [-0.1, -0.05) is 38.1 Å². The molecule has 0 atom stereocenters. The minimum Gasteiger partial charge on any atom is -0.487 e. The molecule has 25 heavy (non-hydrogen) atoms. The van der Waals surface area contributed by atoms with Crippen molar-refractivity contribution >= 4 is 16.6 Å². The normalized spacial score (nSPS) is 10.8. The summed E-state index contributed by atoms with van der Waals surface area (Å²) in [5.74, 6) is 0.881. The summed E-state index contributed by atoms with van der Waals surface area (Å²) >= 11 is 0. The number of rotatable bonds is 8. The quantitative estimate of drug-likeness (QED) is 0.548. The predicted octanol–water partition coefficient (Wildman–Crippen LogP) is 5.44. The number of hydrogen-bond acceptors (Lipinski definition) is 3. The van der Waals surface area contributed by atoms with Gasteiger partial charge in [-0.3, -0.25) is 0 Å². The highest BCUT2D eigenvalue weighted by molar-refractivity contribution is 5.78. The Balaban J connectivity index is 1.64. The summed E-state index contributed by atoms with van der Waals surface area (Å²) in [7, 11) is 0. The molecule has 0 bridgehead atoms. The molecule has 1 aromatic heterocycles. The molecule has 0 saturated carbocycles. The number of fused-ring (bicyclic) bond motifs is 1. The highest BCUT2D eigenvalue weighted by Crippen LogP contribution is 2.21. The van der Waals surface area contributed by atoms with Crippen LogP contribution in [0.2, 0.25) is 0 Å². The first-order valence-electron chi connectivity index (χ1n) is 9.12. The maximum absolute atomic E-state index is 5.91. The van der Waals surface area contributed by atoms with Gasteiger partial charge in [0.05, 0.1) is 11.2 Å². The molecule has 3 rings (SSSR count). The van der Waals surface area contributed by atoms with Gasteiger partial charge in [0.25, 0.3) is 0 Å². The monoisotopic (exact) mass is 334 g/mol. The van der Waals surface area contributed by atoms with Crippen LogP contribution in [0.1, 0.15) is 32.4 Å². The Morgan fingerprint density at radius 2 is 1.56 bits per heavy atom. The first kappa shape index (κ1) is 17.3. The number of nitrogens with zero attached hydrogens (tertiary/aromatic N) is 2. The molecular formula is C22H26N2O. The third-order valence-electron chi connectivity index (χ3n) is 4.23. The van der Waals surface area contributed by atoms with Crippen LogP contribution >= 0.6 is 0 Å². The van der Waals surface area contributed by atoms with E-state index in [1.165, 1.54) is 5.69 Å². The van der Waals surface area contributed by atoms with Crippen LogP contribution < -0.4 is 9.64 Å². The maximum Gasteiger partial charge on any atom is 0.130 e. The molecule has 1 heterocycles. The lowest BCUT2D eigenvalue weighted by Crippen LogP contribution is -2.24. The van der Waals surface area contributed by atoms with Crippen LogP contribution in [-0.4, -0.2) is 18.1 Å². The highest BCUT2D eigenvalue weighted by Gasteiger charge is 2.05. The summed E-state index contributed by atoms with van der Waals surface area (Å²) in [5, 5.41) is 1.16. The van der Waals surface area contributed by atoms with E-state index in [4.69, 9.17) is 4.74 Å². The van der Waals surface area contributed by atoms with E-state index >= 15 is 0 Å². The van der Waals surface area contributed by atoms with Crippen LogP contribution in [0.4, 0.5) is 5.69 Å². The molecule has 3 heteroatoms. The second kappa shape index (κ2) is 8.52. The van der Waals surface area contributed by atoms with Crippen LogP contribution in [0.15, 0.2) is 60.7 Å². The van der Waals surface area contributed by atoms with Crippen molar-refractivity contribution in [2.45, 2.75) is 33.3 Å². The van der Waals surface area contributed by atoms with E-state index in [2.05, 4.69) is 60.1 Å². The molecule has 3 aromatic rings. The minimum atomic E-state index is 0.484. The Hall–Kier alpha value is -2.55.